The zero-order valence-electron chi connectivity index (χ0n) is 13.1. The zero-order valence-corrected chi connectivity index (χ0v) is 13.1. The highest BCUT2D eigenvalue weighted by molar-refractivity contribution is 5.94. The molecule has 1 heterocycles. The Morgan fingerprint density at radius 1 is 0.958 bits per heavy atom. The fourth-order valence-electron chi connectivity index (χ4n) is 2.76. The highest BCUT2D eigenvalue weighted by Gasteiger charge is 2.11. The van der Waals surface area contributed by atoms with Gasteiger partial charge in [0.15, 0.2) is 11.6 Å². The summed E-state index contributed by atoms with van der Waals surface area (Å²) in [6.07, 6.45) is 0. The third-order valence-corrected chi connectivity index (χ3v) is 4.00. The molecule has 4 heteroatoms. The van der Waals surface area contributed by atoms with Crippen molar-refractivity contribution in [3.8, 4) is 22.8 Å². The molecule has 0 saturated carbocycles. The molecule has 4 aromatic rings. The summed E-state index contributed by atoms with van der Waals surface area (Å²) in [5, 5.41) is 8.47. The van der Waals surface area contributed by atoms with Crippen LogP contribution < -0.4 is 4.74 Å². The van der Waals surface area contributed by atoms with E-state index >= 15 is 0 Å². The fraction of sp³-hybridized carbons (Fsp3) is 0.0500. The standard InChI is InChI=1S/C20H15FN2O/c1-13-6-2-3-7-15(13)20-16-11-10-14(12-18(16)22-23-20)24-19-9-5-4-8-17(19)21/h2-12H,1H3,(H,22,23). The summed E-state index contributed by atoms with van der Waals surface area (Å²) in [4.78, 5) is 0. The normalized spacial score (nSPS) is 10.9. The van der Waals surface area contributed by atoms with Crippen LogP contribution in [0.2, 0.25) is 0 Å². The first-order chi connectivity index (χ1) is 11.7. The summed E-state index contributed by atoms with van der Waals surface area (Å²) in [5.41, 5.74) is 4.01. The maximum atomic E-state index is 13.7. The van der Waals surface area contributed by atoms with Crippen LogP contribution in [0.4, 0.5) is 4.39 Å². The van der Waals surface area contributed by atoms with Gasteiger partial charge in [-0.2, -0.15) is 5.10 Å². The van der Waals surface area contributed by atoms with Gasteiger partial charge in [-0.15, -0.1) is 0 Å². The topological polar surface area (TPSA) is 37.9 Å². The van der Waals surface area contributed by atoms with Crippen LogP contribution in [0.5, 0.6) is 11.5 Å². The molecular weight excluding hydrogens is 303 g/mol. The highest BCUT2D eigenvalue weighted by Crippen LogP contribution is 2.32. The number of aromatic nitrogens is 2. The Morgan fingerprint density at radius 2 is 1.75 bits per heavy atom. The average molecular weight is 318 g/mol. The lowest BCUT2D eigenvalue weighted by Gasteiger charge is -2.07. The van der Waals surface area contributed by atoms with Crippen molar-refractivity contribution in [1.82, 2.24) is 10.2 Å². The molecule has 0 atom stereocenters. The Kier molecular flexibility index (Phi) is 3.50. The molecule has 0 spiro atoms. The highest BCUT2D eigenvalue weighted by atomic mass is 19.1. The molecule has 4 rings (SSSR count). The number of ether oxygens (including phenoxy) is 1. The second-order valence-electron chi connectivity index (χ2n) is 5.63. The van der Waals surface area contributed by atoms with E-state index in [-0.39, 0.29) is 11.6 Å². The Morgan fingerprint density at radius 3 is 2.58 bits per heavy atom. The molecule has 1 aromatic heterocycles. The van der Waals surface area contributed by atoms with Crippen LogP contribution in [0.15, 0.2) is 66.7 Å². The Hall–Kier alpha value is -3.14. The van der Waals surface area contributed by atoms with Gasteiger partial charge >= 0.3 is 0 Å². The monoisotopic (exact) mass is 318 g/mol. The molecule has 118 valence electrons. The number of halogens is 1. The van der Waals surface area contributed by atoms with Crippen molar-refractivity contribution < 1.29 is 9.13 Å². The molecule has 0 aliphatic carbocycles. The van der Waals surface area contributed by atoms with Gasteiger partial charge in [-0.25, -0.2) is 4.39 Å². The van der Waals surface area contributed by atoms with Crippen LogP contribution in [0.3, 0.4) is 0 Å². The first kappa shape index (κ1) is 14.5. The molecule has 0 saturated heterocycles. The molecule has 0 unspecified atom stereocenters. The van der Waals surface area contributed by atoms with E-state index in [0.717, 1.165) is 27.7 Å². The summed E-state index contributed by atoms with van der Waals surface area (Å²) >= 11 is 0. The minimum Gasteiger partial charge on any atom is -0.454 e. The molecule has 0 radical (unpaired) electrons. The summed E-state index contributed by atoms with van der Waals surface area (Å²) in [6.45, 7) is 2.06. The molecule has 24 heavy (non-hydrogen) atoms. The van der Waals surface area contributed by atoms with Gasteiger partial charge in [0.05, 0.1) is 5.52 Å². The predicted molar refractivity (Wildman–Crippen MR) is 92.7 cm³/mol. The van der Waals surface area contributed by atoms with Crippen LogP contribution in [0, 0.1) is 12.7 Å². The lowest BCUT2D eigenvalue weighted by Crippen LogP contribution is -1.87. The molecule has 1 N–H and O–H groups in total. The van der Waals surface area contributed by atoms with E-state index < -0.39 is 0 Å². The number of para-hydroxylation sites is 1. The molecule has 3 nitrogen and oxygen atoms in total. The van der Waals surface area contributed by atoms with E-state index in [4.69, 9.17) is 4.74 Å². The quantitative estimate of drug-likeness (QED) is 0.544. The van der Waals surface area contributed by atoms with E-state index in [9.17, 15) is 4.39 Å². The maximum Gasteiger partial charge on any atom is 0.165 e. The Balaban J connectivity index is 1.73. The second kappa shape index (κ2) is 5.81. The van der Waals surface area contributed by atoms with Crippen molar-refractivity contribution in [2.24, 2.45) is 0 Å². The minimum atomic E-state index is -0.386. The smallest absolute Gasteiger partial charge is 0.165 e. The van der Waals surface area contributed by atoms with Crippen LogP contribution >= 0.6 is 0 Å². The van der Waals surface area contributed by atoms with Gasteiger partial charge in [0.1, 0.15) is 11.4 Å². The maximum absolute atomic E-state index is 13.7. The fourth-order valence-corrected chi connectivity index (χ4v) is 2.76. The molecule has 0 aliphatic rings. The average Bonchev–Trinajstić information content (AvgIpc) is 3.00. The summed E-state index contributed by atoms with van der Waals surface area (Å²) in [6, 6.07) is 20.1. The van der Waals surface area contributed by atoms with Crippen molar-refractivity contribution in [1.29, 1.82) is 0 Å². The van der Waals surface area contributed by atoms with Crippen molar-refractivity contribution in [2.45, 2.75) is 6.92 Å². The number of nitrogens with zero attached hydrogens (tertiary/aromatic N) is 1. The number of aryl methyl sites for hydroxylation is 1. The van der Waals surface area contributed by atoms with Crippen LogP contribution in [0.1, 0.15) is 5.56 Å². The third-order valence-electron chi connectivity index (χ3n) is 4.00. The SMILES string of the molecule is Cc1ccccc1-c1n[nH]c2cc(Oc3ccccc3F)ccc12. The Bertz CT molecular complexity index is 1020. The molecule has 0 amide bonds. The predicted octanol–water partition coefficient (Wildman–Crippen LogP) is 5.47. The zero-order chi connectivity index (χ0) is 16.5. The van der Waals surface area contributed by atoms with E-state index in [2.05, 4.69) is 29.3 Å². The summed E-state index contributed by atoms with van der Waals surface area (Å²) in [7, 11) is 0. The van der Waals surface area contributed by atoms with Crippen molar-refractivity contribution >= 4 is 10.9 Å². The number of rotatable bonds is 3. The van der Waals surface area contributed by atoms with Gasteiger partial charge in [0.25, 0.3) is 0 Å². The molecule has 0 aliphatic heterocycles. The number of fused-ring (bicyclic) bond motifs is 1. The number of hydrogen-bond donors (Lipinski definition) is 1. The summed E-state index contributed by atoms with van der Waals surface area (Å²) in [5.74, 6) is 0.380. The van der Waals surface area contributed by atoms with Gasteiger partial charge in [0.2, 0.25) is 0 Å². The van der Waals surface area contributed by atoms with Gasteiger partial charge < -0.3 is 4.74 Å². The molecule has 0 fully saturated rings. The molecule has 0 bridgehead atoms. The van der Waals surface area contributed by atoms with Gasteiger partial charge in [-0.3, -0.25) is 5.10 Å². The third kappa shape index (κ3) is 2.52. The number of aromatic amines is 1. The van der Waals surface area contributed by atoms with Crippen LogP contribution in [-0.4, -0.2) is 10.2 Å². The minimum absolute atomic E-state index is 0.204. The van der Waals surface area contributed by atoms with E-state index in [1.807, 2.05) is 30.3 Å². The second-order valence-corrected chi connectivity index (χ2v) is 5.63. The van der Waals surface area contributed by atoms with Gasteiger partial charge in [0, 0.05) is 17.0 Å². The number of hydrogen-bond acceptors (Lipinski definition) is 2. The number of H-pyrrole nitrogens is 1. The number of nitrogens with one attached hydrogen (secondary N) is 1. The van der Waals surface area contributed by atoms with Gasteiger partial charge in [-0.1, -0.05) is 36.4 Å². The molecule has 3 aromatic carbocycles. The lowest BCUT2D eigenvalue weighted by molar-refractivity contribution is 0.443. The number of benzene rings is 3. The van der Waals surface area contributed by atoms with Crippen molar-refractivity contribution in [2.75, 3.05) is 0 Å². The van der Waals surface area contributed by atoms with E-state index in [1.54, 1.807) is 18.2 Å². The largest absolute Gasteiger partial charge is 0.454 e. The van der Waals surface area contributed by atoms with Crippen LogP contribution in [-0.2, 0) is 0 Å². The Labute approximate surface area is 138 Å². The summed E-state index contributed by atoms with van der Waals surface area (Å²) < 4.78 is 19.3. The lowest BCUT2D eigenvalue weighted by atomic mass is 10.0. The van der Waals surface area contributed by atoms with Crippen LogP contribution in [0.25, 0.3) is 22.2 Å². The first-order valence-corrected chi connectivity index (χ1v) is 7.69. The van der Waals surface area contributed by atoms with E-state index in [0.29, 0.717) is 5.75 Å². The van der Waals surface area contributed by atoms with E-state index in [1.165, 1.54) is 6.07 Å². The van der Waals surface area contributed by atoms with Crippen molar-refractivity contribution in [3.05, 3.63) is 78.1 Å². The van der Waals surface area contributed by atoms with Crippen molar-refractivity contribution in [3.63, 3.8) is 0 Å². The van der Waals surface area contributed by atoms with Gasteiger partial charge in [-0.05, 0) is 36.8 Å². The first-order valence-electron chi connectivity index (χ1n) is 7.69. The molecular formula is C20H15FN2O.